The molecular formula is C24H21Cl2F3N2O3. The second-order valence-corrected chi connectivity index (χ2v) is 9.22. The number of amides is 1. The molecule has 0 radical (unpaired) electrons. The molecule has 0 atom stereocenters. The highest BCUT2D eigenvalue weighted by Crippen LogP contribution is 2.34. The number of benzene rings is 2. The van der Waals surface area contributed by atoms with Crippen molar-refractivity contribution in [3.8, 4) is 0 Å². The molecule has 180 valence electrons. The van der Waals surface area contributed by atoms with Crippen LogP contribution in [0, 0.1) is 5.92 Å². The van der Waals surface area contributed by atoms with Crippen molar-refractivity contribution in [1.29, 1.82) is 0 Å². The standard InChI is InChI=1S/C24H21Cl2F3N2O3/c25-19-3-2-17(23(34)30-8-5-14(6-9-30)11-21(32)33)22(26)18(19)13-31-10-7-15-12-16(24(27,28)29)1-4-20(15)31/h1-4,7,10,12,14H,5-6,8-9,11,13H2,(H,32,33). The van der Waals surface area contributed by atoms with Crippen LogP contribution in [0.4, 0.5) is 13.2 Å². The number of likely N-dealkylation sites (tertiary alicyclic amines) is 1. The average molecular weight is 513 g/mol. The van der Waals surface area contributed by atoms with E-state index in [1.54, 1.807) is 33.9 Å². The summed E-state index contributed by atoms with van der Waals surface area (Å²) in [7, 11) is 0. The van der Waals surface area contributed by atoms with E-state index >= 15 is 0 Å². The summed E-state index contributed by atoms with van der Waals surface area (Å²) in [6, 6.07) is 8.24. The van der Waals surface area contributed by atoms with Gasteiger partial charge in [0.15, 0.2) is 0 Å². The van der Waals surface area contributed by atoms with Gasteiger partial charge >= 0.3 is 12.1 Å². The van der Waals surface area contributed by atoms with E-state index in [-0.39, 0.29) is 35.4 Å². The van der Waals surface area contributed by atoms with E-state index < -0.39 is 17.7 Å². The highest BCUT2D eigenvalue weighted by molar-refractivity contribution is 6.38. The number of aromatic nitrogens is 1. The summed E-state index contributed by atoms with van der Waals surface area (Å²) in [4.78, 5) is 25.7. The lowest BCUT2D eigenvalue weighted by atomic mass is 9.93. The Kier molecular flexibility index (Phi) is 6.82. The molecule has 1 saturated heterocycles. The largest absolute Gasteiger partial charge is 0.481 e. The van der Waals surface area contributed by atoms with Crippen molar-refractivity contribution in [2.75, 3.05) is 13.1 Å². The maximum Gasteiger partial charge on any atom is 0.416 e. The van der Waals surface area contributed by atoms with Gasteiger partial charge in [0.2, 0.25) is 0 Å². The zero-order valence-corrected chi connectivity index (χ0v) is 19.4. The number of carboxylic acids is 1. The van der Waals surface area contributed by atoms with Crippen molar-refractivity contribution in [2.45, 2.75) is 32.0 Å². The van der Waals surface area contributed by atoms with Crippen LogP contribution in [0.1, 0.15) is 40.7 Å². The molecule has 2 aromatic carbocycles. The molecule has 3 aromatic rings. The third-order valence-electron chi connectivity index (χ3n) is 6.21. The van der Waals surface area contributed by atoms with Crippen LogP contribution in [0.5, 0.6) is 0 Å². The number of alkyl halides is 3. The third-order valence-corrected chi connectivity index (χ3v) is 6.99. The van der Waals surface area contributed by atoms with E-state index in [9.17, 15) is 22.8 Å². The first kappa shape index (κ1) is 24.4. The molecule has 0 aliphatic carbocycles. The van der Waals surface area contributed by atoms with Crippen LogP contribution in [-0.2, 0) is 17.5 Å². The zero-order chi connectivity index (χ0) is 24.6. The Morgan fingerprint density at radius 3 is 2.41 bits per heavy atom. The van der Waals surface area contributed by atoms with Gasteiger partial charge in [-0.15, -0.1) is 0 Å². The van der Waals surface area contributed by atoms with Crippen LogP contribution in [0.3, 0.4) is 0 Å². The summed E-state index contributed by atoms with van der Waals surface area (Å²) >= 11 is 13.0. The number of carbonyl (C=O) groups is 2. The van der Waals surface area contributed by atoms with Crippen LogP contribution in [0.25, 0.3) is 10.9 Å². The molecule has 2 heterocycles. The number of hydrogen-bond donors (Lipinski definition) is 1. The molecule has 0 unspecified atom stereocenters. The van der Waals surface area contributed by atoms with Crippen molar-refractivity contribution < 1.29 is 27.9 Å². The van der Waals surface area contributed by atoms with E-state index in [2.05, 4.69) is 0 Å². The summed E-state index contributed by atoms with van der Waals surface area (Å²) < 4.78 is 40.8. The molecule has 10 heteroatoms. The van der Waals surface area contributed by atoms with Crippen molar-refractivity contribution in [3.05, 3.63) is 69.3 Å². The Morgan fingerprint density at radius 2 is 1.76 bits per heavy atom. The van der Waals surface area contributed by atoms with E-state index in [1.807, 2.05) is 0 Å². The smallest absolute Gasteiger partial charge is 0.416 e. The van der Waals surface area contributed by atoms with Gasteiger partial charge in [0.05, 0.1) is 22.7 Å². The van der Waals surface area contributed by atoms with Crippen molar-refractivity contribution in [1.82, 2.24) is 9.47 Å². The first-order chi connectivity index (χ1) is 16.0. The van der Waals surface area contributed by atoms with Gasteiger partial charge in [-0.25, -0.2) is 0 Å². The van der Waals surface area contributed by atoms with E-state index in [0.29, 0.717) is 47.4 Å². The molecule has 5 nitrogen and oxygen atoms in total. The number of carbonyl (C=O) groups excluding carboxylic acids is 1. The summed E-state index contributed by atoms with van der Waals surface area (Å²) in [5, 5.41) is 9.94. The highest BCUT2D eigenvalue weighted by Gasteiger charge is 2.31. The quantitative estimate of drug-likeness (QED) is 0.433. The lowest BCUT2D eigenvalue weighted by Crippen LogP contribution is -2.39. The topological polar surface area (TPSA) is 62.5 Å². The summed E-state index contributed by atoms with van der Waals surface area (Å²) in [6.07, 6.45) is -1.49. The predicted molar refractivity (Wildman–Crippen MR) is 123 cm³/mol. The number of rotatable bonds is 5. The Hall–Kier alpha value is -2.71. The molecular weight excluding hydrogens is 492 g/mol. The van der Waals surface area contributed by atoms with Gasteiger partial charge in [0.25, 0.3) is 5.91 Å². The van der Waals surface area contributed by atoms with Crippen molar-refractivity contribution >= 4 is 46.0 Å². The second-order valence-electron chi connectivity index (χ2n) is 8.44. The first-order valence-corrected chi connectivity index (χ1v) is 11.4. The van der Waals surface area contributed by atoms with Gasteiger partial charge < -0.3 is 14.6 Å². The summed E-state index contributed by atoms with van der Waals surface area (Å²) in [5.74, 6) is -1.07. The van der Waals surface area contributed by atoms with Crippen molar-refractivity contribution in [3.63, 3.8) is 0 Å². The Morgan fingerprint density at radius 1 is 1.06 bits per heavy atom. The minimum absolute atomic E-state index is 0.0395. The molecule has 0 bridgehead atoms. The molecule has 1 amide bonds. The molecule has 1 aliphatic heterocycles. The average Bonchev–Trinajstić information content (AvgIpc) is 3.18. The monoisotopic (exact) mass is 512 g/mol. The fourth-order valence-corrected chi connectivity index (χ4v) is 4.92. The third kappa shape index (κ3) is 5.03. The number of piperidine rings is 1. The van der Waals surface area contributed by atoms with Gasteiger partial charge in [-0.1, -0.05) is 23.2 Å². The number of hydrogen-bond acceptors (Lipinski definition) is 2. The Labute approximate surface area is 203 Å². The fourth-order valence-electron chi connectivity index (χ4n) is 4.35. The number of carboxylic acid groups (broad SMARTS) is 1. The predicted octanol–water partition coefficient (Wildman–Crippen LogP) is 6.34. The lowest BCUT2D eigenvalue weighted by Gasteiger charge is -2.31. The van der Waals surface area contributed by atoms with E-state index in [1.165, 1.54) is 6.07 Å². The number of nitrogens with zero attached hydrogens (tertiary/aromatic N) is 2. The molecule has 1 fully saturated rings. The van der Waals surface area contributed by atoms with Crippen LogP contribution in [0.2, 0.25) is 10.0 Å². The summed E-state index contributed by atoms with van der Waals surface area (Å²) in [5.41, 5.74) is 0.631. The van der Waals surface area contributed by atoms with Gasteiger partial charge in [0, 0.05) is 47.2 Å². The summed E-state index contributed by atoms with van der Waals surface area (Å²) in [6.45, 7) is 1.05. The maximum absolute atomic E-state index is 13.1. The molecule has 0 saturated carbocycles. The fraction of sp³-hybridized carbons (Fsp3) is 0.333. The van der Waals surface area contributed by atoms with Crippen molar-refractivity contribution in [2.24, 2.45) is 5.92 Å². The van der Waals surface area contributed by atoms with Crippen LogP contribution in [-0.4, -0.2) is 39.5 Å². The minimum atomic E-state index is -4.43. The minimum Gasteiger partial charge on any atom is -0.481 e. The number of aliphatic carboxylic acids is 1. The van der Waals surface area contributed by atoms with Gasteiger partial charge in [-0.05, 0) is 55.2 Å². The Balaban J connectivity index is 1.57. The lowest BCUT2D eigenvalue weighted by molar-refractivity contribution is -0.139. The highest BCUT2D eigenvalue weighted by atomic mass is 35.5. The first-order valence-electron chi connectivity index (χ1n) is 10.7. The molecule has 1 aliphatic rings. The van der Waals surface area contributed by atoms with Crippen LogP contribution >= 0.6 is 23.2 Å². The van der Waals surface area contributed by atoms with Crippen LogP contribution in [0.15, 0.2) is 42.6 Å². The molecule has 4 rings (SSSR count). The van der Waals surface area contributed by atoms with Gasteiger partial charge in [-0.2, -0.15) is 13.2 Å². The second kappa shape index (κ2) is 9.50. The van der Waals surface area contributed by atoms with E-state index in [0.717, 1.165) is 12.1 Å². The molecule has 1 N–H and O–H groups in total. The number of fused-ring (bicyclic) bond motifs is 1. The zero-order valence-electron chi connectivity index (χ0n) is 17.9. The maximum atomic E-state index is 13.1. The van der Waals surface area contributed by atoms with E-state index in [4.69, 9.17) is 28.3 Å². The number of halogens is 5. The molecule has 34 heavy (non-hydrogen) atoms. The van der Waals surface area contributed by atoms with Crippen LogP contribution < -0.4 is 0 Å². The molecule has 0 spiro atoms. The van der Waals surface area contributed by atoms with Gasteiger partial charge in [0.1, 0.15) is 0 Å². The Bertz CT molecular complexity index is 1250. The van der Waals surface area contributed by atoms with Gasteiger partial charge in [-0.3, -0.25) is 9.59 Å². The SMILES string of the molecule is O=C(O)CC1CCN(C(=O)c2ccc(Cl)c(Cn3ccc4cc(C(F)(F)F)ccc43)c2Cl)CC1. The molecule has 1 aromatic heterocycles. The normalized spacial score (nSPS) is 15.1.